The number of aliphatic imine (C=N–C) groups is 1. The first kappa shape index (κ1) is 20.5. The average Bonchev–Trinajstić information content (AvgIpc) is 3.08. The van der Waals surface area contributed by atoms with Gasteiger partial charge in [0.1, 0.15) is 12.6 Å². The van der Waals surface area contributed by atoms with Gasteiger partial charge in [0, 0.05) is 35.7 Å². The highest BCUT2D eigenvalue weighted by atomic mass is 32.1. The van der Waals surface area contributed by atoms with Crippen LogP contribution >= 0.6 is 11.3 Å². The fourth-order valence-corrected chi connectivity index (χ4v) is 3.15. The van der Waals surface area contributed by atoms with Gasteiger partial charge in [0.15, 0.2) is 0 Å². The molecule has 1 atom stereocenters. The van der Waals surface area contributed by atoms with Crippen molar-refractivity contribution in [3.05, 3.63) is 40.3 Å². The summed E-state index contributed by atoms with van der Waals surface area (Å²) in [4.78, 5) is 38.6. The average molecular weight is 390 g/mol. The number of nitrogens with zero attached hydrogens (tertiary/aromatic N) is 3. The van der Waals surface area contributed by atoms with E-state index in [0.717, 1.165) is 9.75 Å². The van der Waals surface area contributed by atoms with Crippen LogP contribution < -0.4 is 16.4 Å². The highest BCUT2D eigenvalue weighted by Gasteiger charge is 2.23. The minimum absolute atomic E-state index is 0.133. The van der Waals surface area contributed by atoms with Crippen molar-refractivity contribution in [2.45, 2.75) is 25.9 Å². The van der Waals surface area contributed by atoms with Crippen molar-refractivity contribution < 1.29 is 14.3 Å². The van der Waals surface area contributed by atoms with Gasteiger partial charge in [0.25, 0.3) is 0 Å². The number of nitrogens with one attached hydrogen (secondary N) is 2. The molecule has 2 rings (SSSR count). The lowest BCUT2D eigenvalue weighted by molar-refractivity contribution is -0.129. The van der Waals surface area contributed by atoms with E-state index in [1.165, 1.54) is 30.8 Å². The zero-order valence-electron chi connectivity index (χ0n) is 15.1. The van der Waals surface area contributed by atoms with Crippen molar-refractivity contribution in [3.63, 3.8) is 0 Å². The van der Waals surface area contributed by atoms with Gasteiger partial charge < -0.3 is 15.8 Å². The minimum atomic E-state index is -0.789. The van der Waals surface area contributed by atoms with Crippen LogP contribution in [0, 0.1) is 0 Å². The molecule has 0 spiro atoms. The molecule has 0 saturated carbocycles. The molecule has 2 amide bonds. The molecule has 10 heteroatoms. The van der Waals surface area contributed by atoms with Crippen molar-refractivity contribution in [2.24, 2.45) is 10.7 Å². The summed E-state index contributed by atoms with van der Waals surface area (Å²) in [6, 6.07) is 4.69. The molecule has 2 aromatic rings. The van der Waals surface area contributed by atoms with Crippen LogP contribution in [0.2, 0.25) is 0 Å². The molecule has 0 aliphatic rings. The van der Waals surface area contributed by atoms with E-state index in [1.54, 1.807) is 13.0 Å². The highest BCUT2D eigenvalue weighted by Crippen LogP contribution is 2.19. The van der Waals surface area contributed by atoms with Gasteiger partial charge in [-0.2, -0.15) is 0 Å². The van der Waals surface area contributed by atoms with E-state index in [9.17, 15) is 9.59 Å². The maximum atomic E-state index is 12.6. The lowest BCUT2D eigenvalue weighted by Crippen LogP contribution is -2.46. The molecule has 0 radical (unpaired) electrons. The second-order valence-corrected chi connectivity index (χ2v) is 6.90. The summed E-state index contributed by atoms with van der Waals surface area (Å²) in [5.74, 6) is -0.104. The molecule has 9 nitrogen and oxygen atoms in total. The Morgan fingerprint density at radius 1 is 1.30 bits per heavy atom. The van der Waals surface area contributed by atoms with Gasteiger partial charge in [-0.1, -0.05) is 0 Å². The Kier molecular flexibility index (Phi) is 7.83. The number of carbonyl (C=O) groups excluding carboxylic acids is 2. The topological polar surface area (TPSA) is 132 Å². The smallest absolute Gasteiger partial charge is 0.249 e. The predicted octanol–water partition coefficient (Wildman–Crippen LogP) is 0.728. The molecule has 1 unspecified atom stereocenters. The van der Waals surface area contributed by atoms with E-state index in [1.807, 2.05) is 12.1 Å². The van der Waals surface area contributed by atoms with Gasteiger partial charge in [0.05, 0.1) is 12.4 Å². The largest absolute Gasteiger partial charge is 0.388 e. The number of amidine groups is 1. The molecule has 4 N–H and O–H groups in total. The summed E-state index contributed by atoms with van der Waals surface area (Å²) in [6.45, 7) is 2.08. The van der Waals surface area contributed by atoms with Crippen LogP contribution in [0.1, 0.15) is 16.7 Å². The van der Waals surface area contributed by atoms with Crippen molar-refractivity contribution in [2.75, 3.05) is 19.0 Å². The number of hydrogen-bond acceptors (Lipinski definition) is 7. The summed E-state index contributed by atoms with van der Waals surface area (Å²) in [6.07, 6.45) is 3.36. The fraction of sp³-hybridized carbons (Fsp3) is 0.353. The van der Waals surface area contributed by atoms with Gasteiger partial charge in [-0.3, -0.25) is 19.9 Å². The Bertz CT molecular complexity index is 789. The first-order valence-electron chi connectivity index (χ1n) is 8.18. The molecule has 2 aromatic heterocycles. The summed E-state index contributed by atoms with van der Waals surface area (Å²) < 4.78 is 4.82. The molecule has 2 heterocycles. The van der Waals surface area contributed by atoms with Gasteiger partial charge in [-0.15, -0.1) is 11.3 Å². The summed E-state index contributed by atoms with van der Waals surface area (Å²) in [5, 5.41) is 5.28. The van der Waals surface area contributed by atoms with Crippen LogP contribution in [-0.2, 0) is 27.3 Å². The number of thiophene rings is 1. The molecule has 144 valence electrons. The monoisotopic (exact) mass is 390 g/mol. The van der Waals surface area contributed by atoms with E-state index in [2.05, 4.69) is 25.6 Å². The number of rotatable bonds is 9. The van der Waals surface area contributed by atoms with Crippen LogP contribution in [0.4, 0.5) is 5.95 Å². The van der Waals surface area contributed by atoms with Gasteiger partial charge in [0.2, 0.25) is 17.8 Å². The van der Waals surface area contributed by atoms with Crippen LogP contribution in [-0.4, -0.2) is 47.4 Å². The number of aromatic nitrogens is 2. The van der Waals surface area contributed by atoms with E-state index in [0.29, 0.717) is 18.8 Å². The van der Waals surface area contributed by atoms with Gasteiger partial charge in [-0.05, 0) is 25.1 Å². The molecule has 0 saturated heterocycles. The normalized spacial score (nSPS) is 12.4. The second-order valence-electron chi connectivity index (χ2n) is 5.64. The highest BCUT2D eigenvalue weighted by molar-refractivity contribution is 7.12. The standard InChI is InChI=1S/C17H22N6O3S/c1-11(18)21-9-13-5-4-12(27-13)8-14(22-15(24)10-26-2)16(25)23-17-19-6-3-7-20-17/h3-7,14H,8-10H2,1-2H3,(H2,18,21)(H,22,24)(H,19,20,23,25). The van der Waals surface area contributed by atoms with Crippen molar-refractivity contribution in [3.8, 4) is 0 Å². The Labute approximate surface area is 161 Å². The molecule has 0 aliphatic heterocycles. The molecular formula is C17H22N6O3S. The number of amides is 2. The maximum Gasteiger partial charge on any atom is 0.249 e. The number of carbonyl (C=O) groups is 2. The first-order valence-corrected chi connectivity index (χ1v) is 9.00. The third kappa shape index (κ3) is 7.12. The number of nitrogens with two attached hydrogens (primary N) is 1. The summed E-state index contributed by atoms with van der Waals surface area (Å²) >= 11 is 1.51. The third-order valence-electron chi connectivity index (χ3n) is 3.33. The van der Waals surface area contributed by atoms with E-state index < -0.39 is 11.9 Å². The zero-order valence-corrected chi connectivity index (χ0v) is 16.0. The Morgan fingerprint density at radius 2 is 2.00 bits per heavy atom. The first-order chi connectivity index (χ1) is 13.0. The predicted molar refractivity (Wildman–Crippen MR) is 103 cm³/mol. The Morgan fingerprint density at radius 3 is 2.67 bits per heavy atom. The second kappa shape index (κ2) is 10.3. The Balaban J connectivity index is 2.08. The SMILES string of the molecule is COCC(=O)NC(Cc1ccc(CN=C(C)N)s1)C(=O)Nc1ncccn1. The van der Waals surface area contributed by atoms with E-state index >= 15 is 0 Å². The fourth-order valence-electron chi connectivity index (χ4n) is 2.16. The zero-order chi connectivity index (χ0) is 19.6. The van der Waals surface area contributed by atoms with Crippen molar-refractivity contribution in [1.29, 1.82) is 0 Å². The number of ether oxygens (including phenoxy) is 1. The molecule has 0 aliphatic carbocycles. The molecule has 0 bridgehead atoms. The number of hydrogen-bond donors (Lipinski definition) is 3. The summed E-state index contributed by atoms with van der Waals surface area (Å²) in [7, 11) is 1.41. The third-order valence-corrected chi connectivity index (χ3v) is 4.43. The van der Waals surface area contributed by atoms with Crippen molar-refractivity contribution >= 4 is 34.9 Å². The summed E-state index contributed by atoms with van der Waals surface area (Å²) in [5.41, 5.74) is 5.55. The van der Waals surface area contributed by atoms with E-state index in [4.69, 9.17) is 10.5 Å². The lowest BCUT2D eigenvalue weighted by atomic mass is 10.1. The van der Waals surface area contributed by atoms with E-state index in [-0.39, 0.29) is 18.5 Å². The minimum Gasteiger partial charge on any atom is -0.388 e. The van der Waals surface area contributed by atoms with Gasteiger partial charge >= 0.3 is 0 Å². The molecule has 27 heavy (non-hydrogen) atoms. The van der Waals surface area contributed by atoms with Crippen LogP contribution in [0.5, 0.6) is 0 Å². The molecule has 0 aromatic carbocycles. The molecule has 0 fully saturated rings. The number of methoxy groups -OCH3 is 1. The lowest BCUT2D eigenvalue weighted by Gasteiger charge is -2.17. The van der Waals surface area contributed by atoms with Gasteiger partial charge in [-0.25, -0.2) is 9.97 Å². The van der Waals surface area contributed by atoms with Crippen LogP contribution in [0.3, 0.4) is 0 Å². The maximum absolute atomic E-state index is 12.6. The van der Waals surface area contributed by atoms with Crippen molar-refractivity contribution in [1.82, 2.24) is 15.3 Å². The number of anilines is 1. The molecular weight excluding hydrogens is 368 g/mol. The van der Waals surface area contributed by atoms with Crippen LogP contribution in [0.25, 0.3) is 0 Å². The quantitative estimate of drug-likeness (QED) is 0.427. The Hall–Kier alpha value is -2.85. The van der Waals surface area contributed by atoms with Crippen LogP contribution in [0.15, 0.2) is 35.6 Å².